The van der Waals surface area contributed by atoms with Crippen LogP contribution in [-0.4, -0.2) is 54.0 Å². The van der Waals surface area contributed by atoms with Crippen molar-refractivity contribution in [3.63, 3.8) is 0 Å². The van der Waals surface area contributed by atoms with E-state index in [1.807, 2.05) is 4.57 Å². The quantitative estimate of drug-likeness (QED) is 0.648. The monoisotopic (exact) mass is 416 g/mol. The van der Waals surface area contributed by atoms with Crippen LogP contribution in [0.4, 0.5) is 0 Å². The van der Waals surface area contributed by atoms with Crippen molar-refractivity contribution in [2.45, 2.75) is 64.8 Å². The maximum Gasteiger partial charge on any atom is 0.256 e. The van der Waals surface area contributed by atoms with Gasteiger partial charge in [-0.05, 0) is 51.1 Å². The van der Waals surface area contributed by atoms with E-state index < -0.39 is 5.43 Å². The smallest absolute Gasteiger partial charge is 0.256 e. The molecule has 0 bridgehead atoms. The summed E-state index contributed by atoms with van der Waals surface area (Å²) in [4.78, 5) is 40.8. The van der Waals surface area contributed by atoms with E-state index in [-0.39, 0.29) is 29.0 Å². The third-order valence-corrected chi connectivity index (χ3v) is 6.20. The lowest BCUT2D eigenvalue weighted by atomic mass is 10.1. The molecule has 1 saturated heterocycles. The molecule has 0 radical (unpaired) electrons. The molecule has 2 heterocycles. The van der Waals surface area contributed by atoms with Gasteiger partial charge in [-0.15, -0.1) is 0 Å². The van der Waals surface area contributed by atoms with Crippen molar-refractivity contribution in [1.82, 2.24) is 20.1 Å². The van der Waals surface area contributed by atoms with Gasteiger partial charge in [0.2, 0.25) is 5.43 Å². The summed E-state index contributed by atoms with van der Waals surface area (Å²) in [7, 11) is 0. The molecule has 2 N–H and O–H groups in total. The molecule has 166 valence electrons. The molecule has 30 heavy (non-hydrogen) atoms. The molecule has 0 spiro atoms. The average Bonchev–Trinajstić information content (AvgIpc) is 3.42. The van der Waals surface area contributed by atoms with Crippen LogP contribution >= 0.6 is 0 Å². The van der Waals surface area contributed by atoms with Gasteiger partial charge in [0.05, 0.1) is 0 Å². The van der Waals surface area contributed by atoms with E-state index in [1.165, 1.54) is 12.8 Å². The Kier molecular flexibility index (Phi) is 8.08. The summed E-state index contributed by atoms with van der Waals surface area (Å²) in [5.74, 6) is -0.310. The van der Waals surface area contributed by atoms with E-state index in [4.69, 9.17) is 0 Å². The first kappa shape index (κ1) is 22.5. The molecule has 2 aliphatic rings. The van der Waals surface area contributed by atoms with Gasteiger partial charge in [-0.3, -0.25) is 14.4 Å². The number of likely N-dealkylation sites (tertiary alicyclic amines) is 1. The lowest BCUT2D eigenvalue weighted by molar-refractivity contribution is 0.0947. The van der Waals surface area contributed by atoms with E-state index in [0.29, 0.717) is 19.0 Å². The predicted molar refractivity (Wildman–Crippen MR) is 118 cm³/mol. The summed E-state index contributed by atoms with van der Waals surface area (Å²) in [6, 6.07) is 0.240. The minimum atomic E-state index is -0.482. The molecule has 2 amide bonds. The normalized spacial score (nSPS) is 17.6. The van der Waals surface area contributed by atoms with Crippen LogP contribution in [0.1, 0.15) is 85.6 Å². The Hall–Kier alpha value is -2.15. The second kappa shape index (κ2) is 10.8. The Morgan fingerprint density at radius 1 is 0.967 bits per heavy atom. The molecule has 0 aromatic carbocycles. The number of nitrogens with one attached hydrogen (secondary N) is 2. The van der Waals surface area contributed by atoms with Gasteiger partial charge in [-0.2, -0.15) is 0 Å². The summed E-state index contributed by atoms with van der Waals surface area (Å²) >= 11 is 0. The second-order valence-corrected chi connectivity index (χ2v) is 9.04. The van der Waals surface area contributed by atoms with Gasteiger partial charge >= 0.3 is 0 Å². The fourth-order valence-corrected chi connectivity index (χ4v) is 4.33. The zero-order chi connectivity index (χ0) is 21.5. The molecule has 1 aliphatic carbocycles. The van der Waals surface area contributed by atoms with Crippen LogP contribution in [0.2, 0.25) is 0 Å². The minimum absolute atomic E-state index is 0.0675. The fourth-order valence-electron chi connectivity index (χ4n) is 4.33. The van der Waals surface area contributed by atoms with Crippen LogP contribution in [-0.2, 0) is 0 Å². The van der Waals surface area contributed by atoms with Crippen LogP contribution in [0, 0.1) is 5.92 Å². The summed E-state index contributed by atoms with van der Waals surface area (Å²) in [6.07, 6.45) is 10.8. The van der Waals surface area contributed by atoms with Gasteiger partial charge in [0.1, 0.15) is 11.1 Å². The largest absolute Gasteiger partial charge is 0.352 e. The SMILES string of the molecule is CC(C)CCNC(=O)c1cn(C2CCCC2)cc(C(=O)NCCN2CCCC2)c1=O. The standard InChI is InChI=1S/C23H36N4O3/c1-17(2)9-10-24-22(29)19-15-27(18-7-3-4-8-18)16-20(21(19)28)23(30)25-11-14-26-12-5-6-13-26/h15-18H,3-14H2,1-2H3,(H,24,29)(H,25,30). The third-order valence-electron chi connectivity index (χ3n) is 6.20. The topological polar surface area (TPSA) is 83.4 Å². The van der Waals surface area contributed by atoms with Crippen LogP contribution in [0.3, 0.4) is 0 Å². The highest BCUT2D eigenvalue weighted by molar-refractivity contribution is 5.99. The summed E-state index contributed by atoms with van der Waals surface area (Å²) in [5.41, 5.74) is -0.345. The first-order chi connectivity index (χ1) is 14.5. The van der Waals surface area contributed by atoms with E-state index in [9.17, 15) is 14.4 Å². The molecule has 1 aromatic rings. The van der Waals surface area contributed by atoms with Crippen LogP contribution in [0.15, 0.2) is 17.2 Å². The van der Waals surface area contributed by atoms with Gasteiger partial charge in [-0.1, -0.05) is 26.7 Å². The van der Waals surface area contributed by atoms with E-state index in [0.717, 1.165) is 51.7 Å². The maximum atomic E-state index is 13.0. The Labute approximate surface area is 179 Å². The number of amides is 2. The molecule has 7 heteroatoms. The average molecular weight is 417 g/mol. The number of carbonyl (C=O) groups is 2. The van der Waals surface area contributed by atoms with E-state index in [1.54, 1.807) is 12.4 Å². The van der Waals surface area contributed by atoms with Crippen molar-refractivity contribution in [3.05, 3.63) is 33.7 Å². The highest BCUT2D eigenvalue weighted by Gasteiger charge is 2.23. The Morgan fingerprint density at radius 2 is 1.53 bits per heavy atom. The van der Waals surface area contributed by atoms with Crippen LogP contribution in [0.25, 0.3) is 0 Å². The Bertz CT molecular complexity index is 790. The molecule has 0 atom stereocenters. The number of pyridine rings is 1. The summed E-state index contributed by atoms with van der Waals surface area (Å²) in [6.45, 7) is 8.13. The molecule has 1 aromatic heterocycles. The number of hydrogen-bond donors (Lipinski definition) is 2. The first-order valence-electron chi connectivity index (χ1n) is 11.5. The van der Waals surface area contributed by atoms with Crippen molar-refractivity contribution in [2.75, 3.05) is 32.7 Å². The lowest BCUT2D eigenvalue weighted by Crippen LogP contribution is -2.38. The van der Waals surface area contributed by atoms with Gasteiger partial charge in [0.25, 0.3) is 11.8 Å². The zero-order valence-corrected chi connectivity index (χ0v) is 18.4. The first-order valence-corrected chi connectivity index (χ1v) is 11.5. The zero-order valence-electron chi connectivity index (χ0n) is 18.4. The van der Waals surface area contributed by atoms with Gasteiger partial charge in [-0.25, -0.2) is 0 Å². The number of rotatable bonds is 9. The van der Waals surface area contributed by atoms with Crippen molar-refractivity contribution in [3.8, 4) is 0 Å². The Morgan fingerprint density at radius 3 is 2.10 bits per heavy atom. The predicted octanol–water partition coefficient (Wildman–Crippen LogP) is 2.56. The second-order valence-electron chi connectivity index (χ2n) is 9.04. The molecule has 3 rings (SSSR count). The van der Waals surface area contributed by atoms with E-state index in [2.05, 4.69) is 29.4 Å². The summed E-state index contributed by atoms with van der Waals surface area (Å²) < 4.78 is 1.92. The maximum absolute atomic E-state index is 13.0. The van der Waals surface area contributed by atoms with Crippen molar-refractivity contribution in [2.24, 2.45) is 5.92 Å². The van der Waals surface area contributed by atoms with E-state index >= 15 is 0 Å². The number of aromatic nitrogens is 1. The van der Waals surface area contributed by atoms with Crippen LogP contribution < -0.4 is 16.1 Å². The molecule has 2 fully saturated rings. The number of hydrogen-bond acceptors (Lipinski definition) is 4. The van der Waals surface area contributed by atoms with Crippen molar-refractivity contribution < 1.29 is 9.59 Å². The molecular formula is C23H36N4O3. The molecule has 1 saturated carbocycles. The fraction of sp³-hybridized carbons (Fsp3) is 0.696. The highest BCUT2D eigenvalue weighted by atomic mass is 16.2. The number of carbonyl (C=O) groups excluding carboxylic acids is 2. The highest BCUT2D eigenvalue weighted by Crippen LogP contribution is 2.29. The van der Waals surface area contributed by atoms with Crippen LogP contribution in [0.5, 0.6) is 0 Å². The Balaban J connectivity index is 1.75. The van der Waals surface area contributed by atoms with Gasteiger partial charge in [0.15, 0.2) is 0 Å². The molecule has 7 nitrogen and oxygen atoms in total. The van der Waals surface area contributed by atoms with Crippen molar-refractivity contribution in [1.29, 1.82) is 0 Å². The minimum Gasteiger partial charge on any atom is -0.352 e. The molecule has 0 unspecified atom stereocenters. The van der Waals surface area contributed by atoms with Gasteiger partial charge < -0.3 is 20.1 Å². The van der Waals surface area contributed by atoms with Crippen molar-refractivity contribution >= 4 is 11.8 Å². The molecular weight excluding hydrogens is 380 g/mol. The number of nitrogens with zero attached hydrogens (tertiary/aromatic N) is 2. The third kappa shape index (κ3) is 5.94. The lowest BCUT2D eigenvalue weighted by Gasteiger charge is -2.18. The molecule has 1 aliphatic heterocycles. The van der Waals surface area contributed by atoms with Gasteiger partial charge in [0, 0.05) is 38.1 Å². The summed E-state index contributed by atoms with van der Waals surface area (Å²) in [5, 5.41) is 5.73.